The first-order valence-corrected chi connectivity index (χ1v) is 2.66. The predicted octanol–water partition coefficient (Wildman–Crippen LogP) is 1.62. The van der Waals surface area contributed by atoms with Crippen LogP contribution in [-0.4, -0.2) is 11.6 Å². The van der Waals surface area contributed by atoms with Crippen LogP contribution in [0.15, 0.2) is 12.3 Å². The summed E-state index contributed by atoms with van der Waals surface area (Å²) >= 11 is 0. The molecule has 11 heavy (non-hydrogen) atoms. The monoisotopic (exact) mass is 162 g/mol. The summed E-state index contributed by atoms with van der Waals surface area (Å²) in [5, 5.41) is 0. The maximum atomic E-state index is 12.2. The fourth-order valence-electron chi connectivity index (χ4n) is 0.509. The van der Waals surface area contributed by atoms with Crippen molar-refractivity contribution in [2.24, 2.45) is 0 Å². The van der Waals surface area contributed by atoms with E-state index in [9.17, 15) is 13.2 Å². The van der Waals surface area contributed by atoms with Gasteiger partial charge in [0.2, 0.25) is 0 Å². The van der Waals surface area contributed by atoms with Crippen LogP contribution in [0.4, 0.5) is 13.2 Å². The van der Waals surface area contributed by atoms with Crippen LogP contribution in [0, 0.1) is 12.0 Å². The quantitative estimate of drug-likeness (QED) is 0.659. The van der Waals surface area contributed by atoms with Crippen LogP contribution in [0.3, 0.4) is 0 Å². The first kappa shape index (κ1) is 7.84. The molecule has 1 heterocycles. The zero-order valence-corrected chi connectivity index (χ0v) is 5.22. The van der Waals surface area contributed by atoms with Gasteiger partial charge < -0.3 is 4.74 Å². The molecule has 1 rings (SSSR count). The van der Waals surface area contributed by atoms with Crippen molar-refractivity contribution in [2.75, 3.05) is 0 Å². The van der Waals surface area contributed by atoms with E-state index in [1.54, 1.807) is 0 Å². The molecule has 0 aromatic carbocycles. The van der Waals surface area contributed by atoms with Crippen LogP contribution in [0.1, 0.15) is 0 Å². The number of hydrogen-bond acceptors (Lipinski definition) is 2. The summed E-state index contributed by atoms with van der Waals surface area (Å²) in [6, 6.07) is 0.777. The molecule has 0 bridgehead atoms. The molecule has 0 amide bonds. The van der Waals surface area contributed by atoms with E-state index in [4.69, 9.17) is 0 Å². The van der Waals surface area contributed by atoms with E-state index in [0.29, 0.717) is 0 Å². The Morgan fingerprint density at radius 2 is 2.27 bits per heavy atom. The van der Waals surface area contributed by atoms with E-state index in [2.05, 4.69) is 9.72 Å². The number of halogens is 3. The molecular weight excluding hydrogens is 159 g/mol. The number of nitrogens with zero attached hydrogens (tertiary/aromatic N) is 1. The average Bonchev–Trinajstić information content (AvgIpc) is 1.85. The Bertz CT molecular complexity index is 241. The van der Waals surface area contributed by atoms with Gasteiger partial charge in [0, 0.05) is 6.07 Å². The molecule has 0 N–H and O–H groups in total. The Morgan fingerprint density at radius 3 is 2.82 bits per heavy atom. The molecule has 0 aliphatic heterocycles. The minimum absolute atomic E-state index is 0.403. The third-order valence-corrected chi connectivity index (χ3v) is 0.848. The van der Waals surface area contributed by atoms with Crippen LogP contribution < -0.4 is 4.74 Å². The van der Waals surface area contributed by atoms with Crippen LogP contribution in [0.2, 0.25) is 0 Å². The zero-order valence-electron chi connectivity index (χ0n) is 5.22. The summed E-state index contributed by atoms with van der Waals surface area (Å²) < 4.78 is 38.9. The largest absolute Gasteiger partial charge is 0.432 e. The second kappa shape index (κ2) is 3.23. The summed E-state index contributed by atoms with van der Waals surface area (Å²) in [7, 11) is 0. The molecule has 0 aliphatic carbocycles. The lowest BCUT2D eigenvalue weighted by atomic mass is 10.4. The summed E-state index contributed by atoms with van der Waals surface area (Å²) in [5.74, 6) is -1.14. The van der Waals surface area contributed by atoms with Gasteiger partial charge in [-0.05, 0) is 0 Å². The summed E-state index contributed by atoms with van der Waals surface area (Å²) in [6.07, 6.45) is 2.89. The first-order chi connectivity index (χ1) is 5.18. The van der Waals surface area contributed by atoms with Crippen molar-refractivity contribution in [2.45, 2.75) is 6.61 Å². The molecule has 2 nitrogen and oxygen atoms in total. The second-order valence-corrected chi connectivity index (χ2v) is 1.64. The van der Waals surface area contributed by atoms with E-state index in [1.165, 1.54) is 0 Å². The number of aromatic nitrogens is 1. The molecule has 59 valence electrons. The Labute approximate surface area is 60.6 Å². The standard InChI is InChI=1S/C6H3F3NO/c7-4-1-5(3-10-2-4)11-6(8)9/h1-2,6H. The van der Waals surface area contributed by atoms with Gasteiger partial charge in [0.15, 0.2) is 5.75 Å². The number of rotatable bonds is 2. The highest BCUT2D eigenvalue weighted by Crippen LogP contribution is 2.11. The molecular formula is C6H3F3NO. The highest BCUT2D eigenvalue weighted by Gasteiger charge is 2.04. The van der Waals surface area contributed by atoms with Crippen molar-refractivity contribution < 1.29 is 17.9 Å². The van der Waals surface area contributed by atoms with Gasteiger partial charge in [0.05, 0.1) is 6.20 Å². The number of hydrogen-bond donors (Lipinski definition) is 0. The van der Waals surface area contributed by atoms with Crippen molar-refractivity contribution in [3.8, 4) is 5.75 Å². The van der Waals surface area contributed by atoms with Crippen molar-refractivity contribution in [1.82, 2.24) is 4.98 Å². The lowest BCUT2D eigenvalue weighted by molar-refractivity contribution is -0.0504. The van der Waals surface area contributed by atoms with Gasteiger partial charge in [-0.25, -0.2) is 9.37 Å². The zero-order chi connectivity index (χ0) is 8.27. The summed E-state index contributed by atoms with van der Waals surface area (Å²) in [4.78, 5) is 3.18. The van der Waals surface area contributed by atoms with E-state index in [-0.39, 0.29) is 0 Å². The molecule has 0 spiro atoms. The van der Waals surface area contributed by atoms with E-state index < -0.39 is 18.2 Å². The molecule has 5 heteroatoms. The molecule has 0 unspecified atom stereocenters. The van der Waals surface area contributed by atoms with Crippen LogP contribution in [0.25, 0.3) is 0 Å². The molecule has 0 saturated heterocycles. The lowest BCUT2D eigenvalue weighted by Gasteiger charge is -2.01. The van der Waals surface area contributed by atoms with Gasteiger partial charge >= 0.3 is 6.61 Å². The second-order valence-electron chi connectivity index (χ2n) is 1.64. The minimum atomic E-state index is -2.98. The molecule has 0 fully saturated rings. The third kappa shape index (κ3) is 2.45. The van der Waals surface area contributed by atoms with E-state index in [0.717, 1.165) is 12.3 Å². The summed E-state index contributed by atoms with van der Waals surface area (Å²) in [5.41, 5.74) is 0. The maximum Gasteiger partial charge on any atom is 0.387 e. The molecule has 1 aromatic heterocycles. The minimum Gasteiger partial charge on any atom is -0.432 e. The van der Waals surface area contributed by atoms with Gasteiger partial charge in [-0.3, -0.25) is 0 Å². The fraction of sp³-hybridized carbons (Fsp3) is 0.167. The van der Waals surface area contributed by atoms with Crippen molar-refractivity contribution in [3.05, 3.63) is 24.3 Å². The van der Waals surface area contributed by atoms with Gasteiger partial charge in [0.1, 0.15) is 12.0 Å². The Balaban J connectivity index is 2.71. The number of ether oxygens (including phenoxy) is 1. The Morgan fingerprint density at radius 1 is 1.55 bits per heavy atom. The van der Waals surface area contributed by atoms with E-state index >= 15 is 0 Å². The van der Waals surface area contributed by atoms with Crippen molar-refractivity contribution in [1.29, 1.82) is 0 Å². The van der Waals surface area contributed by atoms with Gasteiger partial charge in [-0.2, -0.15) is 8.78 Å². The van der Waals surface area contributed by atoms with Gasteiger partial charge in [0.25, 0.3) is 0 Å². The maximum absolute atomic E-state index is 12.2. The third-order valence-electron chi connectivity index (χ3n) is 0.848. The molecule has 0 atom stereocenters. The predicted molar refractivity (Wildman–Crippen MR) is 29.7 cm³/mol. The normalized spacial score (nSPS) is 10.2. The van der Waals surface area contributed by atoms with Crippen molar-refractivity contribution in [3.63, 3.8) is 0 Å². The SMILES string of the molecule is Fc1cn[c]c(OC(F)F)c1. The summed E-state index contributed by atoms with van der Waals surface area (Å²) in [6.45, 7) is -2.98. The van der Waals surface area contributed by atoms with Crippen LogP contribution in [-0.2, 0) is 0 Å². The van der Waals surface area contributed by atoms with Crippen molar-refractivity contribution >= 4 is 0 Å². The Hall–Kier alpha value is -1.26. The van der Waals surface area contributed by atoms with Crippen LogP contribution in [0.5, 0.6) is 5.75 Å². The highest BCUT2D eigenvalue weighted by atomic mass is 19.3. The van der Waals surface area contributed by atoms with E-state index in [1.807, 2.05) is 6.20 Å². The average molecular weight is 162 g/mol. The molecule has 0 aliphatic rings. The molecule has 1 aromatic rings. The topological polar surface area (TPSA) is 22.1 Å². The number of pyridine rings is 1. The molecule has 1 radical (unpaired) electrons. The first-order valence-electron chi connectivity index (χ1n) is 2.66. The van der Waals surface area contributed by atoms with Gasteiger partial charge in [-0.15, -0.1) is 0 Å². The molecule has 0 saturated carbocycles. The smallest absolute Gasteiger partial charge is 0.387 e. The highest BCUT2D eigenvalue weighted by molar-refractivity contribution is 5.15. The Kier molecular flexibility index (Phi) is 2.30. The lowest BCUT2D eigenvalue weighted by Crippen LogP contribution is -2.02. The fourth-order valence-corrected chi connectivity index (χ4v) is 0.509. The number of alkyl halides is 2. The van der Waals surface area contributed by atoms with Gasteiger partial charge in [-0.1, -0.05) is 0 Å². The van der Waals surface area contributed by atoms with Crippen LogP contribution >= 0.6 is 0 Å².